The molecule has 0 heterocycles. The Hall–Kier alpha value is -0.780. The maximum atomic E-state index is 4.35. The predicted octanol–water partition coefficient (Wildman–Crippen LogP) is 7.09. The molecule has 2 fully saturated rings. The van der Waals surface area contributed by atoms with E-state index in [1.165, 1.54) is 50.5 Å². The molecule has 0 saturated heterocycles. The molecule has 6 unspecified atom stereocenters. The first-order valence-electron chi connectivity index (χ1n) is 10.3. The number of fused-ring (bicyclic) bond motifs is 5. The van der Waals surface area contributed by atoms with Crippen molar-refractivity contribution in [3.8, 4) is 0 Å². The van der Waals surface area contributed by atoms with E-state index in [9.17, 15) is 0 Å². The van der Waals surface area contributed by atoms with Gasteiger partial charge in [0.05, 0.1) is 0 Å². The second kappa shape index (κ2) is 5.36. The molecule has 6 atom stereocenters. The Labute approximate surface area is 149 Å². The summed E-state index contributed by atoms with van der Waals surface area (Å²) in [4.78, 5) is 0. The third kappa shape index (κ3) is 2.10. The Bertz CT molecular complexity index is 632. The molecule has 132 valence electrons. The highest BCUT2D eigenvalue weighted by Gasteiger charge is 2.57. The van der Waals surface area contributed by atoms with Crippen LogP contribution in [0.4, 0.5) is 0 Å². The maximum absolute atomic E-state index is 4.35. The van der Waals surface area contributed by atoms with Crippen molar-refractivity contribution in [3.05, 3.63) is 34.9 Å². The van der Waals surface area contributed by atoms with Crippen LogP contribution in [0.3, 0.4) is 0 Å². The van der Waals surface area contributed by atoms with Crippen LogP contribution in [0.25, 0.3) is 0 Å². The fourth-order valence-corrected chi connectivity index (χ4v) is 7.68. The third-order valence-corrected chi connectivity index (χ3v) is 8.68. The van der Waals surface area contributed by atoms with Crippen LogP contribution in [0, 0.1) is 34.5 Å². The first-order valence-corrected chi connectivity index (χ1v) is 10.3. The summed E-state index contributed by atoms with van der Waals surface area (Å²) in [7, 11) is 0. The van der Waals surface area contributed by atoms with Crippen LogP contribution in [0.5, 0.6) is 0 Å². The Morgan fingerprint density at radius 2 is 1.79 bits per heavy atom. The lowest BCUT2D eigenvalue weighted by Crippen LogP contribution is -2.50. The van der Waals surface area contributed by atoms with E-state index in [0.29, 0.717) is 10.8 Å². The van der Waals surface area contributed by atoms with E-state index in [4.69, 9.17) is 0 Å². The molecule has 0 N–H and O–H groups in total. The molecule has 0 spiro atoms. The van der Waals surface area contributed by atoms with Gasteiger partial charge < -0.3 is 0 Å². The fraction of sp³-hybridized carbons (Fsp3) is 0.750. The van der Waals surface area contributed by atoms with Gasteiger partial charge in [0.2, 0.25) is 0 Å². The van der Waals surface area contributed by atoms with Gasteiger partial charge in [-0.2, -0.15) is 0 Å². The first kappa shape index (κ1) is 16.7. The molecular formula is C24H36. The van der Waals surface area contributed by atoms with Crippen molar-refractivity contribution in [1.29, 1.82) is 0 Å². The van der Waals surface area contributed by atoms with Crippen molar-refractivity contribution in [2.24, 2.45) is 34.5 Å². The average Bonchev–Trinajstić information content (AvgIpc) is 2.78. The van der Waals surface area contributed by atoms with Gasteiger partial charge in [-0.1, -0.05) is 50.1 Å². The number of rotatable bonds is 1. The van der Waals surface area contributed by atoms with Gasteiger partial charge in [-0.25, -0.2) is 0 Å². The summed E-state index contributed by atoms with van der Waals surface area (Å²) >= 11 is 0. The Balaban J connectivity index is 1.69. The molecule has 0 radical (unpaired) electrons. The molecule has 4 aliphatic carbocycles. The molecule has 0 aromatic rings. The molecule has 2 saturated carbocycles. The van der Waals surface area contributed by atoms with Gasteiger partial charge in [0.25, 0.3) is 0 Å². The van der Waals surface area contributed by atoms with E-state index >= 15 is 0 Å². The molecule has 4 aliphatic rings. The molecule has 0 aliphatic heterocycles. The van der Waals surface area contributed by atoms with Gasteiger partial charge in [0, 0.05) is 0 Å². The molecule has 24 heavy (non-hydrogen) atoms. The molecule has 4 rings (SSSR count). The highest BCUT2D eigenvalue weighted by Crippen LogP contribution is 2.67. The third-order valence-electron chi connectivity index (χ3n) is 8.68. The molecule has 0 heteroatoms. The summed E-state index contributed by atoms with van der Waals surface area (Å²) in [5.41, 5.74) is 7.39. The predicted molar refractivity (Wildman–Crippen MR) is 104 cm³/mol. The largest absolute Gasteiger partial charge is 0.0958 e. The van der Waals surface area contributed by atoms with Gasteiger partial charge >= 0.3 is 0 Å². The van der Waals surface area contributed by atoms with Crippen molar-refractivity contribution < 1.29 is 0 Å². The molecule has 0 bridgehead atoms. The average molecular weight is 325 g/mol. The lowest BCUT2D eigenvalue weighted by atomic mass is 9.46. The SMILES string of the molecule is C=C(C)C1=C(C)CC2C3CCC4=CC(C)CCC4(C)C3CCC12C. The van der Waals surface area contributed by atoms with Gasteiger partial charge in [0.15, 0.2) is 0 Å². The van der Waals surface area contributed by atoms with Crippen molar-refractivity contribution in [2.75, 3.05) is 0 Å². The topological polar surface area (TPSA) is 0 Å². The minimum atomic E-state index is 0.413. The summed E-state index contributed by atoms with van der Waals surface area (Å²) in [5, 5.41) is 0. The van der Waals surface area contributed by atoms with Crippen molar-refractivity contribution in [1.82, 2.24) is 0 Å². The van der Waals surface area contributed by atoms with Crippen LogP contribution >= 0.6 is 0 Å². The lowest BCUT2D eigenvalue weighted by molar-refractivity contribution is -0.0297. The van der Waals surface area contributed by atoms with E-state index in [0.717, 1.165) is 23.7 Å². The van der Waals surface area contributed by atoms with Gasteiger partial charge in [-0.3, -0.25) is 0 Å². The van der Waals surface area contributed by atoms with Crippen LogP contribution in [0.2, 0.25) is 0 Å². The summed E-state index contributed by atoms with van der Waals surface area (Å²) in [6.45, 7) is 16.6. The van der Waals surface area contributed by atoms with E-state index in [2.05, 4.69) is 47.3 Å². The Morgan fingerprint density at radius 3 is 2.50 bits per heavy atom. The van der Waals surface area contributed by atoms with Crippen molar-refractivity contribution in [3.63, 3.8) is 0 Å². The second-order valence-electron chi connectivity index (χ2n) is 10.1. The van der Waals surface area contributed by atoms with Gasteiger partial charge in [-0.05, 0) is 98.9 Å². The van der Waals surface area contributed by atoms with Crippen LogP contribution in [-0.2, 0) is 0 Å². The summed E-state index contributed by atoms with van der Waals surface area (Å²) in [6, 6.07) is 0. The summed E-state index contributed by atoms with van der Waals surface area (Å²) < 4.78 is 0. The number of hydrogen-bond acceptors (Lipinski definition) is 0. The van der Waals surface area contributed by atoms with E-state index in [1.54, 1.807) is 11.1 Å². The van der Waals surface area contributed by atoms with Crippen molar-refractivity contribution in [2.45, 2.75) is 79.6 Å². The first-order chi connectivity index (χ1) is 11.3. The quantitative estimate of drug-likeness (QED) is 0.452. The van der Waals surface area contributed by atoms with E-state index < -0.39 is 0 Å². The van der Waals surface area contributed by atoms with Gasteiger partial charge in [0.1, 0.15) is 0 Å². The Morgan fingerprint density at radius 1 is 1.08 bits per heavy atom. The molecule has 0 nitrogen and oxygen atoms in total. The minimum absolute atomic E-state index is 0.413. The monoisotopic (exact) mass is 324 g/mol. The van der Waals surface area contributed by atoms with E-state index in [-0.39, 0.29) is 0 Å². The molecule has 0 aromatic carbocycles. The standard InChI is InChI=1S/C24H36/c1-15(2)22-17(4)14-21-19-8-7-18-13-16(3)9-11-23(18,5)20(19)10-12-24(21,22)6/h13,16,19-21H,1,7-12,14H2,2-6H3. The maximum Gasteiger partial charge on any atom is -0.00393 e. The zero-order chi connectivity index (χ0) is 17.3. The van der Waals surface area contributed by atoms with Crippen LogP contribution in [0.15, 0.2) is 34.9 Å². The lowest BCUT2D eigenvalue weighted by Gasteiger charge is -2.58. The van der Waals surface area contributed by atoms with Crippen LogP contribution < -0.4 is 0 Å². The zero-order valence-corrected chi connectivity index (χ0v) is 16.5. The molecule has 0 amide bonds. The Kier molecular flexibility index (Phi) is 3.72. The normalized spacial score (nSPS) is 47.6. The van der Waals surface area contributed by atoms with Crippen molar-refractivity contribution >= 4 is 0 Å². The van der Waals surface area contributed by atoms with Gasteiger partial charge in [-0.15, -0.1) is 0 Å². The second-order valence-corrected chi connectivity index (χ2v) is 10.1. The van der Waals surface area contributed by atoms with Crippen LogP contribution in [-0.4, -0.2) is 0 Å². The molecular weight excluding hydrogens is 288 g/mol. The summed E-state index contributed by atoms with van der Waals surface area (Å²) in [5.74, 6) is 3.55. The highest BCUT2D eigenvalue weighted by atomic mass is 14.6. The zero-order valence-electron chi connectivity index (χ0n) is 16.5. The van der Waals surface area contributed by atoms with E-state index in [1.807, 2.05) is 5.57 Å². The smallest absolute Gasteiger partial charge is 0.00393 e. The minimum Gasteiger partial charge on any atom is -0.0958 e. The summed E-state index contributed by atoms with van der Waals surface area (Å²) in [6.07, 6.45) is 12.5. The number of hydrogen-bond donors (Lipinski definition) is 0. The number of allylic oxidation sites excluding steroid dienone is 5. The highest BCUT2D eigenvalue weighted by molar-refractivity contribution is 5.43. The van der Waals surface area contributed by atoms with Crippen LogP contribution in [0.1, 0.15) is 79.6 Å². The molecule has 0 aromatic heterocycles. The fourth-order valence-electron chi connectivity index (χ4n) is 7.68.